The number of aryl methyl sites for hydroxylation is 1. The quantitative estimate of drug-likeness (QED) is 0.590. The molecule has 0 radical (unpaired) electrons. The van der Waals surface area contributed by atoms with E-state index >= 15 is 0 Å². The number of aromatic nitrogens is 1. The van der Waals surface area contributed by atoms with Crippen molar-refractivity contribution in [2.75, 3.05) is 18.4 Å². The van der Waals surface area contributed by atoms with Crippen LogP contribution in [0.4, 0.5) is 5.69 Å². The van der Waals surface area contributed by atoms with Crippen molar-refractivity contribution >= 4 is 27.5 Å². The summed E-state index contributed by atoms with van der Waals surface area (Å²) in [6.45, 7) is 5.75. The van der Waals surface area contributed by atoms with Crippen LogP contribution in [-0.4, -0.2) is 53.1 Å². The van der Waals surface area contributed by atoms with Crippen molar-refractivity contribution in [3.63, 3.8) is 0 Å². The number of sulfonamides is 1. The summed E-state index contributed by atoms with van der Waals surface area (Å²) < 4.78 is 30.0. The predicted octanol–water partition coefficient (Wildman–Crippen LogP) is 2.82. The van der Waals surface area contributed by atoms with E-state index in [1.54, 1.807) is 17.0 Å². The minimum atomic E-state index is -3.88. The molecule has 0 saturated heterocycles. The second-order valence-electron chi connectivity index (χ2n) is 8.76. The molecule has 9 heteroatoms. The van der Waals surface area contributed by atoms with E-state index in [0.717, 1.165) is 18.5 Å². The summed E-state index contributed by atoms with van der Waals surface area (Å²) in [5.74, 6) is -0.364. The van der Waals surface area contributed by atoms with Crippen LogP contribution in [0.5, 0.6) is 0 Å². The van der Waals surface area contributed by atoms with E-state index in [9.17, 15) is 18.0 Å². The van der Waals surface area contributed by atoms with E-state index in [1.165, 1.54) is 23.4 Å². The van der Waals surface area contributed by atoms with Crippen LogP contribution in [0.25, 0.3) is 0 Å². The van der Waals surface area contributed by atoms with Crippen molar-refractivity contribution in [1.29, 1.82) is 0 Å². The van der Waals surface area contributed by atoms with Gasteiger partial charge in [-0.1, -0.05) is 13.8 Å². The maximum Gasteiger partial charge on any atom is 0.243 e. The first-order valence-electron chi connectivity index (χ1n) is 10.9. The standard InChI is InChI=1S/C23H32N4O4S/c1-17(2)14-26(32(30,31)22-11-7-19(8-12-22)24-18(3)28)16-23(29)27(20-9-10-20)15-21-6-5-13-25(21)4/h5-8,11-13,17,20H,9-10,14-16H2,1-4H3,(H,24,28). The Hall–Kier alpha value is -2.65. The lowest BCUT2D eigenvalue weighted by atomic mass is 10.2. The fourth-order valence-corrected chi connectivity index (χ4v) is 5.15. The molecule has 0 aliphatic heterocycles. The maximum atomic E-state index is 13.4. The van der Waals surface area contributed by atoms with Crippen LogP contribution in [-0.2, 0) is 33.2 Å². The fourth-order valence-electron chi connectivity index (χ4n) is 3.60. The zero-order chi connectivity index (χ0) is 23.5. The molecule has 1 N–H and O–H groups in total. The second-order valence-corrected chi connectivity index (χ2v) is 10.7. The zero-order valence-electron chi connectivity index (χ0n) is 19.1. The summed E-state index contributed by atoms with van der Waals surface area (Å²) >= 11 is 0. The average Bonchev–Trinajstić information content (AvgIpc) is 3.47. The number of anilines is 1. The SMILES string of the molecule is CC(=O)Nc1ccc(S(=O)(=O)N(CC(=O)N(Cc2cccn2C)C2CC2)CC(C)C)cc1. The number of hydrogen-bond acceptors (Lipinski definition) is 4. The van der Waals surface area contributed by atoms with Gasteiger partial charge >= 0.3 is 0 Å². The summed E-state index contributed by atoms with van der Waals surface area (Å²) in [5.41, 5.74) is 1.53. The fraction of sp³-hybridized carbons (Fsp3) is 0.478. The normalized spacial score (nSPS) is 14.1. The minimum absolute atomic E-state index is 0.0541. The largest absolute Gasteiger partial charge is 0.353 e. The van der Waals surface area contributed by atoms with Crippen LogP contribution in [0.1, 0.15) is 39.3 Å². The topological polar surface area (TPSA) is 91.7 Å². The summed E-state index contributed by atoms with van der Waals surface area (Å²) in [5, 5.41) is 2.63. The first-order chi connectivity index (χ1) is 15.1. The molecule has 1 aromatic carbocycles. The zero-order valence-corrected chi connectivity index (χ0v) is 19.9. The van der Waals surface area contributed by atoms with Crippen LogP contribution >= 0.6 is 0 Å². The first kappa shape index (κ1) is 24.0. The van der Waals surface area contributed by atoms with Gasteiger partial charge in [-0.15, -0.1) is 0 Å². The number of carbonyl (C=O) groups is 2. The lowest BCUT2D eigenvalue weighted by Gasteiger charge is -2.28. The predicted molar refractivity (Wildman–Crippen MR) is 123 cm³/mol. The van der Waals surface area contributed by atoms with Gasteiger partial charge in [0.25, 0.3) is 0 Å². The monoisotopic (exact) mass is 460 g/mol. The molecule has 0 spiro atoms. The highest BCUT2D eigenvalue weighted by Gasteiger charge is 2.36. The molecule has 1 fully saturated rings. The molecule has 0 bridgehead atoms. The van der Waals surface area contributed by atoms with Crippen molar-refractivity contribution < 1.29 is 18.0 Å². The van der Waals surface area contributed by atoms with Crippen LogP contribution in [0.15, 0.2) is 47.5 Å². The Kier molecular flexibility index (Phi) is 7.40. The molecular formula is C23H32N4O4S. The molecule has 1 heterocycles. The third-order valence-corrected chi connectivity index (χ3v) is 7.21. The maximum absolute atomic E-state index is 13.4. The molecule has 1 aliphatic carbocycles. The molecule has 174 valence electrons. The van der Waals surface area contributed by atoms with Gasteiger partial charge in [-0.2, -0.15) is 4.31 Å². The van der Waals surface area contributed by atoms with Crippen LogP contribution in [0, 0.1) is 5.92 Å². The lowest BCUT2D eigenvalue weighted by molar-refractivity contribution is -0.132. The molecule has 3 rings (SSSR count). The molecule has 2 amide bonds. The van der Waals surface area contributed by atoms with Gasteiger partial charge in [0, 0.05) is 44.1 Å². The van der Waals surface area contributed by atoms with Gasteiger partial charge in [-0.25, -0.2) is 8.42 Å². The van der Waals surface area contributed by atoms with Crippen molar-refractivity contribution in [1.82, 2.24) is 13.8 Å². The van der Waals surface area contributed by atoms with Gasteiger partial charge in [0.15, 0.2) is 0 Å². The summed E-state index contributed by atoms with van der Waals surface area (Å²) in [6, 6.07) is 10.1. The smallest absolute Gasteiger partial charge is 0.243 e. The van der Waals surface area contributed by atoms with Crippen molar-refractivity contribution in [3.8, 4) is 0 Å². The second kappa shape index (κ2) is 9.87. The highest BCUT2D eigenvalue weighted by Crippen LogP contribution is 2.29. The summed E-state index contributed by atoms with van der Waals surface area (Å²) in [6.07, 6.45) is 3.82. The Morgan fingerprint density at radius 1 is 1.16 bits per heavy atom. The first-order valence-corrected chi connectivity index (χ1v) is 12.3. The van der Waals surface area contributed by atoms with Gasteiger partial charge in [-0.3, -0.25) is 9.59 Å². The Labute approximate surface area is 190 Å². The lowest BCUT2D eigenvalue weighted by Crippen LogP contribution is -2.44. The van der Waals surface area contributed by atoms with Crippen molar-refractivity contribution in [3.05, 3.63) is 48.3 Å². The molecule has 32 heavy (non-hydrogen) atoms. The number of amides is 2. The van der Waals surface area contributed by atoms with E-state index in [2.05, 4.69) is 5.32 Å². The van der Waals surface area contributed by atoms with Crippen LogP contribution < -0.4 is 5.32 Å². The molecule has 2 aromatic rings. The van der Waals surface area contributed by atoms with Crippen LogP contribution in [0.3, 0.4) is 0 Å². The molecule has 1 aliphatic rings. The minimum Gasteiger partial charge on any atom is -0.353 e. The molecular weight excluding hydrogens is 428 g/mol. The summed E-state index contributed by atoms with van der Waals surface area (Å²) in [7, 11) is -1.94. The van der Waals surface area contributed by atoms with E-state index in [-0.39, 0.29) is 41.8 Å². The number of benzene rings is 1. The van der Waals surface area contributed by atoms with Gasteiger partial charge in [0.05, 0.1) is 18.0 Å². The highest BCUT2D eigenvalue weighted by atomic mass is 32.2. The van der Waals surface area contributed by atoms with Crippen LogP contribution in [0.2, 0.25) is 0 Å². The van der Waals surface area contributed by atoms with Gasteiger partial charge in [0.2, 0.25) is 21.8 Å². The Morgan fingerprint density at radius 3 is 2.31 bits per heavy atom. The molecule has 1 saturated carbocycles. The van der Waals surface area contributed by atoms with E-state index < -0.39 is 10.0 Å². The third-order valence-electron chi connectivity index (χ3n) is 5.38. The molecule has 1 aromatic heterocycles. The number of hydrogen-bond donors (Lipinski definition) is 1. The number of nitrogens with zero attached hydrogens (tertiary/aromatic N) is 3. The van der Waals surface area contributed by atoms with Gasteiger partial charge in [0.1, 0.15) is 0 Å². The number of rotatable bonds is 10. The highest BCUT2D eigenvalue weighted by molar-refractivity contribution is 7.89. The van der Waals surface area contributed by atoms with Gasteiger partial charge < -0.3 is 14.8 Å². The Bertz CT molecular complexity index is 1060. The number of carbonyl (C=O) groups excluding carboxylic acids is 2. The Balaban J connectivity index is 1.80. The number of nitrogens with one attached hydrogen (secondary N) is 1. The third kappa shape index (κ3) is 5.98. The van der Waals surface area contributed by atoms with Crippen molar-refractivity contribution in [2.45, 2.75) is 51.1 Å². The van der Waals surface area contributed by atoms with Crippen molar-refractivity contribution in [2.24, 2.45) is 13.0 Å². The van der Waals surface area contributed by atoms with Gasteiger partial charge in [-0.05, 0) is 55.2 Å². The van der Waals surface area contributed by atoms with E-state index in [1.807, 2.05) is 43.8 Å². The molecule has 8 nitrogen and oxygen atoms in total. The molecule has 0 atom stereocenters. The van der Waals surface area contributed by atoms with E-state index in [4.69, 9.17) is 0 Å². The Morgan fingerprint density at radius 2 is 1.81 bits per heavy atom. The molecule has 0 unspecified atom stereocenters. The van der Waals surface area contributed by atoms with E-state index in [0.29, 0.717) is 12.2 Å². The average molecular weight is 461 g/mol. The summed E-state index contributed by atoms with van der Waals surface area (Å²) in [4.78, 5) is 26.4.